The van der Waals surface area contributed by atoms with Gasteiger partial charge in [0.2, 0.25) is 0 Å². The van der Waals surface area contributed by atoms with Crippen LogP contribution in [0.5, 0.6) is 0 Å². The normalized spacial score (nSPS) is 10.7. The summed E-state index contributed by atoms with van der Waals surface area (Å²) in [6, 6.07) is 0. The summed E-state index contributed by atoms with van der Waals surface area (Å²) < 4.78 is 24.9. The zero-order valence-corrected chi connectivity index (χ0v) is 7.35. The van der Waals surface area contributed by atoms with Crippen molar-refractivity contribution in [3.8, 4) is 0 Å². The van der Waals surface area contributed by atoms with Gasteiger partial charge in [-0.05, 0) is 0 Å². The summed E-state index contributed by atoms with van der Waals surface area (Å²) in [6.07, 6.45) is -2.27. The van der Waals surface area contributed by atoms with Crippen molar-refractivity contribution in [2.45, 2.75) is 13.0 Å². The second-order valence-corrected chi connectivity index (χ2v) is 2.63. The number of nitrogen functional groups attached to an aromatic ring is 1. The van der Waals surface area contributed by atoms with E-state index in [1.54, 1.807) is 0 Å². The van der Waals surface area contributed by atoms with Gasteiger partial charge < -0.3 is 10.8 Å². The number of pyridine rings is 1. The molecule has 0 fully saturated rings. The number of nitrogens with zero attached hydrogens (tertiary/aromatic N) is 2. The highest BCUT2D eigenvalue weighted by atomic mass is 19.3. The van der Waals surface area contributed by atoms with Gasteiger partial charge in [0.15, 0.2) is 0 Å². The van der Waals surface area contributed by atoms with Gasteiger partial charge in [-0.15, -0.1) is 0 Å². The van der Waals surface area contributed by atoms with Gasteiger partial charge in [0.1, 0.15) is 11.9 Å². The van der Waals surface area contributed by atoms with E-state index in [9.17, 15) is 18.9 Å². The Balaban J connectivity index is 3.42. The Hall–Kier alpha value is -1.83. The van der Waals surface area contributed by atoms with Crippen LogP contribution in [0.2, 0.25) is 0 Å². The Labute approximate surface area is 82.5 Å². The molecular weight excluding hydrogens is 212 g/mol. The minimum Gasteiger partial charge on any atom is -0.393 e. The molecule has 1 heterocycles. The van der Waals surface area contributed by atoms with E-state index in [2.05, 4.69) is 4.98 Å². The summed E-state index contributed by atoms with van der Waals surface area (Å²) >= 11 is 0. The third-order valence-electron chi connectivity index (χ3n) is 1.78. The van der Waals surface area contributed by atoms with E-state index in [1.807, 2.05) is 0 Å². The van der Waals surface area contributed by atoms with E-state index in [1.165, 1.54) is 0 Å². The standard InChI is InChI=1S/C7H7F2N3O3/c8-7(9)5-3(2-13)11-1-4(6(5)10)12(14)15/h1,7,13H,2H2,(H2,10,11). The Bertz CT molecular complexity index is 397. The molecule has 1 aromatic rings. The minimum atomic E-state index is -3.01. The molecule has 15 heavy (non-hydrogen) atoms. The first-order valence-electron chi connectivity index (χ1n) is 3.79. The van der Waals surface area contributed by atoms with E-state index in [-0.39, 0.29) is 5.69 Å². The third kappa shape index (κ3) is 1.99. The van der Waals surface area contributed by atoms with Gasteiger partial charge in [-0.1, -0.05) is 0 Å². The molecule has 0 bridgehead atoms. The molecule has 6 nitrogen and oxygen atoms in total. The predicted octanol–water partition coefficient (Wildman–Crippen LogP) is 1.00. The van der Waals surface area contributed by atoms with Gasteiger partial charge in [0.25, 0.3) is 6.43 Å². The quantitative estimate of drug-likeness (QED) is 0.583. The fourth-order valence-corrected chi connectivity index (χ4v) is 1.09. The molecule has 0 amide bonds. The lowest BCUT2D eigenvalue weighted by molar-refractivity contribution is -0.384. The van der Waals surface area contributed by atoms with Crippen LogP contribution in [-0.2, 0) is 6.61 Å². The highest BCUT2D eigenvalue weighted by Crippen LogP contribution is 2.33. The van der Waals surface area contributed by atoms with E-state index in [4.69, 9.17) is 10.8 Å². The molecule has 0 radical (unpaired) electrons. The van der Waals surface area contributed by atoms with Gasteiger partial charge in [0.05, 0.1) is 22.8 Å². The number of alkyl halides is 2. The number of nitro groups is 1. The molecule has 0 aliphatic rings. The zero-order valence-electron chi connectivity index (χ0n) is 7.35. The number of anilines is 1. The fraction of sp³-hybridized carbons (Fsp3) is 0.286. The summed E-state index contributed by atoms with van der Waals surface area (Å²) in [7, 11) is 0. The molecule has 0 spiro atoms. The van der Waals surface area contributed by atoms with Gasteiger partial charge >= 0.3 is 5.69 Å². The molecule has 8 heteroatoms. The predicted molar refractivity (Wildman–Crippen MR) is 46.2 cm³/mol. The lowest BCUT2D eigenvalue weighted by Gasteiger charge is -2.08. The first kappa shape index (κ1) is 11.2. The van der Waals surface area contributed by atoms with E-state index in [0.717, 1.165) is 6.20 Å². The molecule has 82 valence electrons. The highest BCUT2D eigenvalue weighted by molar-refractivity contribution is 5.63. The van der Waals surface area contributed by atoms with Crippen molar-refractivity contribution < 1.29 is 18.8 Å². The summed E-state index contributed by atoms with van der Waals surface area (Å²) in [5.74, 6) is 0. The summed E-state index contributed by atoms with van der Waals surface area (Å²) in [5, 5.41) is 19.1. The van der Waals surface area contributed by atoms with Gasteiger partial charge in [-0.2, -0.15) is 0 Å². The van der Waals surface area contributed by atoms with Crippen molar-refractivity contribution in [2.75, 3.05) is 5.73 Å². The van der Waals surface area contributed by atoms with Crippen molar-refractivity contribution in [1.82, 2.24) is 4.98 Å². The maximum Gasteiger partial charge on any atom is 0.310 e. The second-order valence-electron chi connectivity index (χ2n) is 2.63. The number of aliphatic hydroxyl groups excluding tert-OH is 1. The first-order chi connectivity index (χ1) is 6.99. The van der Waals surface area contributed by atoms with Crippen LogP contribution < -0.4 is 5.73 Å². The smallest absolute Gasteiger partial charge is 0.310 e. The largest absolute Gasteiger partial charge is 0.393 e. The van der Waals surface area contributed by atoms with Crippen LogP contribution in [0.4, 0.5) is 20.2 Å². The molecule has 0 atom stereocenters. The average Bonchev–Trinajstić information content (AvgIpc) is 2.15. The SMILES string of the molecule is Nc1c([N+](=O)[O-])cnc(CO)c1C(F)F. The minimum absolute atomic E-state index is 0.354. The third-order valence-corrected chi connectivity index (χ3v) is 1.78. The van der Waals surface area contributed by atoms with E-state index >= 15 is 0 Å². The molecule has 1 aromatic heterocycles. The maximum absolute atomic E-state index is 12.5. The highest BCUT2D eigenvalue weighted by Gasteiger charge is 2.25. The number of rotatable bonds is 3. The Morgan fingerprint density at radius 1 is 1.67 bits per heavy atom. The Morgan fingerprint density at radius 2 is 2.27 bits per heavy atom. The van der Waals surface area contributed by atoms with Crippen molar-refractivity contribution in [1.29, 1.82) is 0 Å². The van der Waals surface area contributed by atoms with Crippen LogP contribution in [0.25, 0.3) is 0 Å². The van der Waals surface area contributed by atoms with Crippen LogP contribution in [-0.4, -0.2) is 15.0 Å². The maximum atomic E-state index is 12.5. The summed E-state index contributed by atoms with van der Waals surface area (Å²) in [6.45, 7) is -0.748. The molecule has 0 saturated carbocycles. The van der Waals surface area contributed by atoms with Crippen molar-refractivity contribution >= 4 is 11.4 Å². The lowest BCUT2D eigenvalue weighted by Crippen LogP contribution is -2.07. The van der Waals surface area contributed by atoms with Crippen molar-refractivity contribution in [2.24, 2.45) is 0 Å². The Kier molecular flexibility index (Phi) is 3.10. The van der Waals surface area contributed by atoms with Gasteiger partial charge in [-0.3, -0.25) is 15.1 Å². The van der Waals surface area contributed by atoms with E-state index < -0.39 is 34.9 Å². The topological polar surface area (TPSA) is 102 Å². The number of aliphatic hydroxyl groups is 1. The molecular formula is C7H7F2N3O3. The molecule has 0 aromatic carbocycles. The summed E-state index contributed by atoms with van der Waals surface area (Å²) in [5.41, 5.74) is 2.70. The number of aromatic nitrogens is 1. The number of nitrogens with two attached hydrogens (primary N) is 1. The average molecular weight is 219 g/mol. The Morgan fingerprint density at radius 3 is 2.67 bits per heavy atom. The number of hydrogen-bond donors (Lipinski definition) is 2. The first-order valence-corrected chi connectivity index (χ1v) is 3.79. The van der Waals surface area contributed by atoms with Crippen LogP contribution in [0.3, 0.4) is 0 Å². The van der Waals surface area contributed by atoms with Crippen LogP contribution in [0.15, 0.2) is 6.20 Å². The zero-order chi connectivity index (χ0) is 11.6. The van der Waals surface area contributed by atoms with Gasteiger partial charge in [-0.25, -0.2) is 8.78 Å². The van der Waals surface area contributed by atoms with Crippen molar-refractivity contribution in [3.05, 3.63) is 27.6 Å². The monoisotopic (exact) mass is 219 g/mol. The molecule has 1 rings (SSSR count). The molecule has 0 aliphatic heterocycles. The summed E-state index contributed by atoms with van der Waals surface area (Å²) in [4.78, 5) is 12.8. The van der Waals surface area contributed by atoms with Crippen LogP contribution >= 0.6 is 0 Å². The van der Waals surface area contributed by atoms with Crippen LogP contribution in [0, 0.1) is 10.1 Å². The lowest BCUT2D eigenvalue weighted by atomic mass is 10.1. The van der Waals surface area contributed by atoms with Crippen LogP contribution in [0.1, 0.15) is 17.7 Å². The molecule has 0 unspecified atom stereocenters. The number of hydrogen-bond acceptors (Lipinski definition) is 5. The molecule has 0 saturated heterocycles. The van der Waals surface area contributed by atoms with E-state index in [0.29, 0.717) is 0 Å². The second kappa shape index (κ2) is 4.13. The number of halogens is 2. The molecule has 3 N–H and O–H groups in total. The molecule has 0 aliphatic carbocycles. The van der Waals surface area contributed by atoms with Crippen molar-refractivity contribution in [3.63, 3.8) is 0 Å². The fourth-order valence-electron chi connectivity index (χ4n) is 1.09. The van der Waals surface area contributed by atoms with Gasteiger partial charge in [0, 0.05) is 0 Å².